The van der Waals surface area contributed by atoms with Crippen LogP contribution < -0.4 is 4.90 Å². The Morgan fingerprint density at radius 2 is 1.52 bits per heavy atom. The molecule has 0 saturated carbocycles. The molecule has 146 valence electrons. The second-order valence-corrected chi connectivity index (χ2v) is 8.43. The highest BCUT2D eigenvalue weighted by molar-refractivity contribution is 7.91. The Labute approximate surface area is 157 Å². The second-order valence-electron chi connectivity index (χ2n) is 6.51. The highest BCUT2D eigenvalue weighted by atomic mass is 32.2. The maximum absolute atomic E-state index is 12.6. The van der Waals surface area contributed by atoms with Crippen LogP contribution in [0.15, 0.2) is 59.5 Å². The van der Waals surface area contributed by atoms with Crippen molar-refractivity contribution in [1.82, 2.24) is 4.90 Å². The first-order valence-corrected chi connectivity index (χ1v) is 10.2. The monoisotopic (exact) mass is 396 g/mol. The fourth-order valence-corrected chi connectivity index (χ4v) is 3.88. The van der Waals surface area contributed by atoms with Gasteiger partial charge < -0.3 is 10.0 Å². The summed E-state index contributed by atoms with van der Waals surface area (Å²) in [6.07, 6.45) is -0.545. The third-order valence-corrected chi connectivity index (χ3v) is 6.15. The highest BCUT2D eigenvalue weighted by Gasteiger charge is 2.27. The van der Waals surface area contributed by atoms with E-state index in [4.69, 9.17) is 0 Å². The Kier molecular flexibility index (Phi) is 6.08. The molecule has 0 amide bonds. The topological polar surface area (TPSA) is 60.9 Å². The number of aliphatic hydroxyl groups excluding tert-OH is 1. The molecule has 1 fully saturated rings. The predicted molar refractivity (Wildman–Crippen MR) is 99.7 cm³/mol. The van der Waals surface area contributed by atoms with Gasteiger partial charge in [0.05, 0.1) is 11.0 Å². The normalized spacial score (nSPS) is 17.3. The number of nitrogens with zero attached hydrogens (tertiary/aromatic N) is 2. The number of alkyl halides is 2. The fraction of sp³-hybridized carbons (Fsp3) is 0.368. The van der Waals surface area contributed by atoms with Crippen molar-refractivity contribution in [1.29, 1.82) is 0 Å². The molecule has 2 aromatic carbocycles. The van der Waals surface area contributed by atoms with Crippen LogP contribution in [0.5, 0.6) is 0 Å². The van der Waals surface area contributed by atoms with Gasteiger partial charge in [0.2, 0.25) is 9.84 Å². The standard InChI is InChI=1S/C19H22F2N2O3S/c20-19(21)27(25,26)17-8-6-16(7-9-17)23-12-10-22(11-13-23)14-18(24)15-4-2-1-3-5-15/h1-9,18-19,24H,10-14H2. The van der Waals surface area contributed by atoms with E-state index < -0.39 is 21.7 Å². The number of benzene rings is 2. The molecule has 1 atom stereocenters. The van der Waals surface area contributed by atoms with E-state index in [0.717, 1.165) is 24.3 Å². The lowest BCUT2D eigenvalue weighted by Crippen LogP contribution is -2.47. The van der Waals surface area contributed by atoms with Gasteiger partial charge in [-0.25, -0.2) is 8.42 Å². The number of halogens is 2. The summed E-state index contributed by atoms with van der Waals surface area (Å²) < 4.78 is 48.2. The Morgan fingerprint density at radius 1 is 0.926 bits per heavy atom. The Hall–Kier alpha value is -2.03. The van der Waals surface area contributed by atoms with Gasteiger partial charge in [0.25, 0.3) is 0 Å². The van der Waals surface area contributed by atoms with Crippen molar-refractivity contribution in [3.8, 4) is 0 Å². The maximum Gasteiger partial charge on any atom is 0.341 e. The zero-order valence-corrected chi connectivity index (χ0v) is 15.5. The molecule has 1 heterocycles. The largest absolute Gasteiger partial charge is 0.387 e. The molecule has 1 N–H and O–H groups in total. The van der Waals surface area contributed by atoms with Crippen molar-refractivity contribution in [2.75, 3.05) is 37.6 Å². The number of anilines is 1. The van der Waals surface area contributed by atoms with Crippen molar-refractivity contribution in [2.24, 2.45) is 0 Å². The first-order chi connectivity index (χ1) is 12.9. The lowest BCUT2D eigenvalue weighted by Gasteiger charge is -2.37. The minimum absolute atomic E-state index is 0.370. The lowest BCUT2D eigenvalue weighted by molar-refractivity contribution is 0.109. The van der Waals surface area contributed by atoms with Crippen LogP contribution in [-0.2, 0) is 9.84 Å². The van der Waals surface area contributed by atoms with E-state index in [1.807, 2.05) is 30.3 Å². The van der Waals surface area contributed by atoms with Gasteiger partial charge in [0.15, 0.2) is 0 Å². The quantitative estimate of drug-likeness (QED) is 0.813. The van der Waals surface area contributed by atoms with Crippen molar-refractivity contribution in [2.45, 2.75) is 16.8 Å². The minimum atomic E-state index is -4.56. The molecule has 5 nitrogen and oxygen atoms in total. The zero-order chi connectivity index (χ0) is 19.4. The van der Waals surface area contributed by atoms with E-state index >= 15 is 0 Å². The van der Waals surface area contributed by atoms with E-state index in [0.29, 0.717) is 19.6 Å². The fourth-order valence-electron chi connectivity index (χ4n) is 3.16. The molecule has 0 aromatic heterocycles. The van der Waals surface area contributed by atoms with Crippen LogP contribution in [0, 0.1) is 0 Å². The molecule has 27 heavy (non-hydrogen) atoms. The molecule has 1 saturated heterocycles. The number of hydrogen-bond acceptors (Lipinski definition) is 5. The molecule has 2 aromatic rings. The SMILES string of the molecule is O=S(=O)(c1ccc(N2CCN(CC(O)c3ccccc3)CC2)cc1)C(F)F. The average molecular weight is 396 g/mol. The van der Waals surface area contributed by atoms with Crippen molar-refractivity contribution < 1.29 is 22.3 Å². The van der Waals surface area contributed by atoms with Gasteiger partial charge in [-0.1, -0.05) is 30.3 Å². The van der Waals surface area contributed by atoms with Crippen LogP contribution >= 0.6 is 0 Å². The first-order valence-electron chi connectivity index (χ1n) is 8.70. The third-order valence-electron chi connectivity index (χ3n) is 4.75. The van der Waals surface area contributed by atoms with Crippen molar-refractivity contribution >= 4 is 15.5 Å². The molecule has 0 spiro atoms. The maximum atomic E-state index is 12.6. The first kappa shape index (κ1) is 19.7. The number of sulfone groups is 1. The van der Waals surface area contributed by atoms with Gasteiger partial charge >= 0.3 is 5.76 Å². The van der Waals surface area contributed by atoms with Gasteiger partial charge in [0, 0.05) is 38.4 Å². The van der Waals surface area contributed by atoms with Crippen LogP contribution in [0.3, 0.4) is 0 Å². The molecule has 1 unspecified atom stereocenters. The van der Waals surface area contributed by atoms with Gasteiger partial charge in [-0.2, -0.15) is 8.78 Å². The van der Waals surface area contributed by atoms with Gasteiger partial charge in [-0.3, -0.25) is 4.90 Å². The molecular weight excluding hydrogens is 374 g/mol. The Bertz CT molecular complexity index is 837. The zero-order valence-electron chi connectivity index (χ0n) is 14.7. The van der Waals surface area contributed by atoms with Crippen LogP contribution in [0.2, 0.25) is 0 Å². The molecular formula is C19H22F2N2O3S. The summed E-state index contributed by atoms with van der Waals surface area (Å²) in [7, 11) is -4.56. The minimum Gasteiger partial charge on any atom is -0.387 e. The molecule has 8 heteroatoms. The van der Waals surface area contributed by atoms with Gasteiger partial charge in [0.1, 0.15) is 0 Å². The molecule has 1 aliphatic rings. The molecule has 0 radical (unpaired) electrons. The van der Waals surface area contributed by atoms with E-state index in [2.05, 4.69) is 9.80 Å². The van der Waals surface area contributed by atoms with E-state index in [9.17, 15) is 22.3 Å². The number of rotatable bonds is 6. The van der Waals surface area contributed by atoms with Crippen LogP contribution in [-0.4, -0.2) is 56.9 Å². The summed E-state index contributed by atoms with van der Waals surface area (Å²) in [4.78, 5) is 3.87. The summed E-state index contributed by atoms with van der Waals surface area (Å²) >= 11 is 0. The van der Waals surface area contributed by atoms with Gasteiger partial charge in [-0.05, 0) is 29.8 Å². The Balaban J connectivity index is 1.56. The smallest absolute Gasteiger partial charge is 0.341 e. The third kappa shape index (κ3) is 4.63. The number of piperazine rings is 1. The summed E-state index contributed by atoms with van der Waals surface area (Å²) in [5.41, 5.74) is 1.68. The molecule has 0 aliphatic carbocycles. The summed E-state index contributed by atoms with van der Waals surface area (Å²) in [5, 5.41) is 10.3. The van der Waals surface area contributed by atoms with Crippen LogP contribution in [0.25, 0.3) is 0 Å². The van der Waals surface area contributed by atoms with Crippen LogP contribution in [0.1, 0.15) is 11.7 Å². The lowest BCUT2D eigenvalue weighted by atomic mass is 10.1. The molecule has 1 aliphatic heterocycles. The predicted octanol–water partition coefficient (Wildman–Crippen LogP) is 2.54. The second kappa shape index (κ2) is 8.33. The Morgan fingerprint density at radius 3 is 2.07 bits per heavy atom. The molecule has 0 bridgehead atoms. The van der Waals surface area contributed by atoms with Crippen LogP contribution in [0.4, 0.5) is 14.5 Å². The number of hydrogen-bond donors (Lipinski definition) is 1. The number of β-amino-alcohol motifs (C(OH)–C–C–N with tert-alkyl or cyclic N) is 1. The summed E-state index contributed by atoms with van der Waals surface area (Å²) in [5.74, 6) is -3.41. The van der Waals surface area contributed by atoms with E-state index in [1.165, 1.54) is 12.1 Å². The highest BCUT2D eigenvalue weighted by Crippen LogP contribution is 2.23. The average Bonchev–Trinajstić information content (AvgIpc) is 2.69. The van der Waals surface area contributed by atoms with Crippen molar-refractivity contribution in [3.63, 3.8) is 0 Å². The summed E-state index contributed by atoms with van der Waals surface area (Å²) in [6.45, 7) is 3.47. The van der Waals surface area contributed by atoms with E-state index in [1.54, 1.807) is 12.1 Å². The molecule has 3 rings (SSSR count). The van der Waals surface area contributed by atoms with E-state index in [-0.39, 0.29) is 4.90 Å². The number of aliphatic hydroxyl groups is 1. The summed E-state index contributed by atoms with van der Waals surface area (Å²) in [6, 6.07) is 15.1. The van der Waals surface area contributed by atoms with Crippen molar-refractivity contribution in [3.05, 3.63) is 60.2 Å². The van der Waals surface area contributed by atoms with Gasteiger partial charge in [-0.15, -0.1) is 0 Å².